The Balaban J connectivity index is 2.13. The van der Waals surface area contributed by atoms with Gasteiger partial charge in [-0.2, -0.15) is 0 Å². The number of benzene rings is 3. The van der Waals surface area contributed by atoms with E-state index in [1.54, 1.807) is 6.07 Å². The normalized spacial score (nSPS) is 11.1. The second-order valence-corrected chi connectivity index (χ2v) is 6.28. The fourth-order valence-electron chi connectivity index (χ4n) is 2.68. The fourth-order valence-corrected chi connectivity index (χ4v) is 3.33. The van der Waals surface area contributed by atoms with Crippen LogP contribution >= 0.6 is 22.6 Å². The van der Waals surface area contributed by atoms with Crippen LogP contribution in [-0.2, 0) is 0 Å². The summed E-state index contributed by atoms with van der Waals surface area (Å²) in [7, 11) is 0. The van der Waals surface area contributed by atoms with Gasteiger partial charge in [-0.05, 0) is 40.1 Å². The molecule has 1 aromatic heterocycles. The van der Waals surface area contributed by atoms with Crippen molar-refractivity contribution in [3.63, 3.8) is 0 Å². The molecule has 0 aliphatic carbocycles. The van der Waals surface area contributed by atoms with E-state index < -0.39 is 0 Å². The van der Waals surface area contributed by atoms with Gasteiger partial charge in [-0.15, -0.1) is 0 Å². The van der Waals surface area contributed by atoms with Gasteiger partial charge in [0.05, 0.1) is 5.39 Å². The third-order valence-electron chi connectivity index (χ3n) is 3.76. The highest BCUT2D eigenvalue weighted by atomic mass is 127. The van der Waals surface area contributed by atoms with E-state index in [0.29, 0.717) is 16.7 Å². The van der Waals surface area contributed by atoms with E-state index in [1.165, 1.54) is 0 Å². The maximum atomic E-state index is 12.5. The Kier molecular flexibility index (Phi) is 3.22. The van der Waals surface area contributed by atoms with Crippen molar-refractivity contribution in [2.45, 2.75) is 0 Å². The maximum absolute atomic E-state index is 12.5. The van der Waals surface area contributed by atoms with Crippen molar-refractivity contribution in [2.75, 3.05) is 0 Å². The number of rotatable bonds is 1. The van der Waals surface area contributed by atoms with Crippen LogP contribution in [0.2, 0.25) is 0 Å². The molecule has 4 aromatic rings. The molecule has 4 rings (SSSR count). The van der Waals surface area contributed by atoms with Crippen LogP contribution in [0.15, 0.2) is 75.9 Å². The van der Waals surface area contributed by atoms with E-state index >= 15 is 0 Å². The predicted molar refractivity (Wildman–Crippen MR) is 98.1 cm³/mol. The largest absolute Gasteiger partial charge is 0.455 e. The molecule has 0 amide bonds. The summed E-state index contributed by atoms with van der Waals surface area (Å²) in [6.45, 7) is 0. The van der Waals surface area contributed by atoms with Crippen LogP contribution in [0.4, 0.5) is 0 Å². The van der Waals surface area contributed by atoms with E-state index in [9.17, 15) is 4.79 Å². The molecule has 0 saturated heterocycles. The molecule has 0 bridgehead atoms. The number of fused-ring (bicyclic) bond motifs is 3. The highest BCUT2D eigenvalue weighted by Crippen LogP contribution is 2.29. The molecule has 1 heterocycles. The Bertz CT molecular complexity index is 1060. The average molecular weight is 398 g/mol. The predicted octanol–water partition coefficient (Wildman–Crippen LogP) is 5.22. The van der Waals surface area contributed by atoms with Gasteiger partial charge in [-0.1, -0.05) is 48.5 Å². The fraction of sp³-hybridized carbons (Fsp3) is 0. The summed E-state index contributed by atoms with van der Waals surface area (Å²) in [6.07, 6.45) is 0. The highest BCUT2D eigenvalue weighted by Gasteiger charge is 2.11. The van der Waals surface area contributed by atoms with Gasteiger partial charge >= 0.3 is 0 Å². The molecule has 0 aliphatic heterocycles. The first kappa shape index (κ1) is 13.5. The first-order valence-electron chi connectivity index (χ1n) is 6.94. The lowest BCUT2D eigenvalue weighted by molar-refractivity contribution is 0.622. The molecule has 0 aliphatic rings. The van der Waals surface area contributed by atoms with Crippen molar-refractivity contribution in [2.24, 2.45) is 0 Å². The Morgan fingerprint density at radius 2 is 1.59 bits per heavy atom. The monoisotopic (exact) mass is 398 g/mol. The molecule has 0 atom stereocenters. The number of halogens is 1. The summed E-state index contributed by atoms with van der Waals surface area (Å²) < 4.78 is 7.18. The molecule has 0 radical (unpaired) electrons. The van der Waals surface area contributed by atoms with Crippen molar-refractivity contribution < 1.29 is 4.42 Å². The number of hydrogen-bond acceptors (Lipinski definition) is 2. The van der Waals surface area contributed by atoms with Crippen LogP contribution in [0, 0.1) is 3.57 Å². The van der Waals surface area contributed by atoms with E-state index in [2.05, 4.69) is 22.6 Å². The van der Waals surface area contributed by atoms with E-state index in [-0.39, 0.29) is 5.43 Å². The molecule has 0 fully saturated rings. The zero-order chi connectivity index (χ0) is 15.1. The SMILES string of the molecule is O=c1cc(-c2ccccc2I)oc2c1ccc1ccccc12. The number of hydrogen-bond donors (Lipinski definition) is 0. The summed E-state index contributed by atoms with van der Waals surface area (Å²) >= 11 is 2.26. The van der Waals surface area contributed by atoms with Crippen LogP contribution in [-0.4, -0.2) is 0 Å². The average Bonchev–Trinajstić information content (AvgIpc) is 2.55. The van der Waals surface area contributed by atoms with Crippen LogP contribution in [0.25, 0.3) is 33.1 Å². The molecular weight excluding hydrogens is 387 g/mol. The minimum Gasteiger partial charge on any atom is -0.455 e. The quantitative estimate of drug-likeness (QED) is 0.325. The van der Waals surface area contributed by atoms with Gasteiger partial charge in [0.2, 0.25) is 0 Å². The minimum atomic E-state index is -0.0124. The van der Waals surface area contributed by atoms with Gasteiger partial charge in [0.1, 0.15) is 11.3 Å². The lowest BCUT2D eigenvalue weighted by Crippen LogP contribution is -2.01. The standard InChI is InChI=1S/C19H11IO2/c20-16-8-4-3-7-14(16)18-11-17(21)15-10-9-12-5-1-2-6-13(12)19(15)22-18/h1-11H. The Morgan fingerprint density at radius 1 is 0.818 bits per heavy atom. The van der Waals surface area contributed by atoms with Gasteiger partial charge in [0, 0.05) is 20.6 Å². The topological polar surface area (TPSA) is 30.2 Å². The lowest BCUT2D eigenvalue weighted by atomic mass is 10.1. The summed E-state index contributed by atoms with van der Waals surface area (Å²) in [5.74, 6) is 0.610. The van der Waals surface area contributed by atoms with Crippen molar-refractivity contribution >= 4 is 44.3 Å². The zero-order valence-electron chi connectivity index (χ0n) is 11.5. The van der Waals surface area contributed by atoms with Gasteiger partial charge < -0.3 is 4.42 Å². The summed E-state index contributed by atoms with van der Waals surface area (Å²) in [4.78, 5) is 12.5. The van der Waals surface area contributed by atoms with Crippen molar-refractivity contribution in [1.29, 1.82) is 0 Å². The first-order valence-corrected chi connectivity index (χ1v) is 8.02. The maximum Gasteiger partial charge on any atom is 0.193 e. The van der Waals surface area contributed by atoms with Gasteiger partial charge in [-0.3, -0.25) is 4.79 Å². The van der Waals surface area contributed by atoms with Crippen LogP contribution in [0.3, 0.4) is 0 Å². The van der Waals surface area contributed by atoms with E-state index in [1.807, 2.05) is 60.7 Å². The Morgan fingerprint density at radius 3 is 2.45 bits per heavy atom. The summed E-state index contributed by atoms with van der Waals surface area (Å²) in [5, 5.41) is 2.65. The first-order chi connectivity index (χ1) is 10.7. The van der Waals surface area contributed by atoms with Gasteiger partial charge in [0.25, 0.3) is 0 Å². The Labute approximate surface area is 140 Å². The van der Waals surface area contributed by atoms with Crippen molar-refractivity contribution in [3.05, 3.63) is 80.5 Å². The molecule has 0 saturated carbocycles. The highest BCUT2D eigenvalue weighted by molar-refractivity contribution is 14.1. The van der Waals surface area contributed by atoms with E-state index in [0.717, 1.165) is 19.9 Å². The van der Waals surface area contributed by atoms with Crippen LogP contribution in [0.5, 0.6) is 0 Å². The van der Waals surface area contributed by atoms with Crippen molar-refractivity contribution in [1.82, 2.24) is 0 Å². The van der Waals surface area contributed by atoms with Crippen LogP contribution < -0.4 is 5.43 Å². The van der Waals surface area contributed by atoms with Crippen molar-refractivity contribution in [3.8, 4) is 11.3 Å². The molecule has 2 nitrogen and oxygen atoms in total. The van der Waals surface area contributed by atoms with E-state index in [4.69, 9.17) is 4.42 Å². The third kappa shape index (κ3) is 2.13. The molecular formula is C19H11IO2. The Hall–Kier alpha value is -2.14. The molecule has 106 valence electrons. The molecule has 0 spiro atoms. The molecule has 3 heteroatoms. The minimum absolute atomic E-state index is 0.0124. The van der Waals surface area contributed by atoms with Gasteiger partial charge in [-0.25, -0.2) is 0 Å². The molecule has 0 unspecified atom stereocenters. The second kappa shape index (κ2) is 5.25. The summed E-state index contributed by atoms with van der Waals surface area (Å²) in [6, 6.07) is 21.2. The zero-order valence-corrected chi connectivity index (χ0v) is 13.7. The smallest absolute Gasteiger partial charge is 0.193 e. The third-order valence-corrected chi connectivity index (χ3v) is 4.70. The second-order valence-electron chi connectivity index (χ2n) is 5.12. The lowest BCUT2D eigenvalue weighted by Gasteiger charge is -2.07. The molecule has 0 N–H and O–H groups in total. The summed E-state index contributed by atoms with van der Waals surface area (Å²) in [5.41, 5.74) is 1.58. The molecule has 3 aromatic carbocycles. The van der Waals surface area contributed by atoms with Crippen LogP contribution in [0.1, 0.15) is 0 Å². The molecule has 22 heavy (non-hydrogen) atoms. The van der Waals surface area contributed by atoms with Gasteiger partial charge in [0.15, 0.2) is 5.43 Å².